The minimum absolute atomic E-state index is 0.352. The number of esters is 2. The maximum atomic E-state index is 13.3. The van der Waals surface area contributed by atoms with Crippen molar-refractivity contribution in [3.63, 3.8) is 0 Å². The molecule has 1 saturated heterocycles. The number of nitrogens with one attached hydrogen (secondary N) is 1. The van der Waals surface area contributed by atoms with Gasteiger partial charge in [-0.25, -0.2) is 0 Å². The SMILES string of the molecule is CCOc1cc([C@H](c2c[nH]c3ccccc23)C2C(=O)OC(C)(C)OC2=O)cc(I)c1OCc1ccc(Br)cc1. The van der Waals surface area contributed by atoms with E-state index >= 15 is 0 Å². The van der Waals surface area contributed by atoms with Crippen molar-refractivity contribution in [2.24, 2.45) is 5.92 Å². The molecule has 0 saturated carbocycles. The topological polar surface area (TPSA) is 86.9 Å². The molecular weight excluding hydrogens is 677 g/mol. The van der Waals surface area contributed by atoms with E-state index in [0.717, 1.165) is 30.1 Å². The van der Waals surface area contributed by atoms with Crippen molar-refractivity contribution in [1.82, 2.24) is 4.98 Å². The number of ether oxygens (including phenoxy) is 4. The van der Waals surface area contributed by atoms with Crippen LogP contribution in [0.4, 0.5) is 0 Å². The van der Waals surface area contributed by atoms with Crippen molar-refractivity contribution in [2.45, 2.75) is 39.1 Å². The minimum Gasteiger partial charge on any atom is -0.490 e. The third-order valence-electron chi connectivity index (χ3n) is 6.48. The lowest BCUT2D eigenvalue weighted by atomic mass is 9.80. The Balaban J connectivity index is 1.60. The molecule has 4 aromatic rings. The third kappa shape index (κ3) is 5.79. The van der Waals surface area contributed by atoms with Crippen LogP contribution in [0.5, 0.6) is 11.5 Å². The smallest absolute Gasteiger partial charge is 0.324 e. The monoisotopic (exact) mass is 703 g/mol. The zero-order chi connectivity index (χ0) is 27.7. The number of halogens is 2. The molecule has 2 heterocycles. The van der Waals surface area contributed by atoms with E-state index in [0.29, 0.717) is 30.3 Å². The molecule has 9 heteroatoms. The predicted octanol–water partition coefficient (Wildman–Crippen LogP) is 7.10. The summed E-state index contributed by atoms with van der Waals surface area (Å²) in [4.78, 5) is 29.9. The van der Waals surface area contributed by atoms with Crippen LogP contribution >= 0.6 is 38.5 Å². The first kappa shape index (κ1) is 27.5. The van der Waals surface area contributed by atoms with Gasteiger partial charge in [0.1, 0.15) is 6.61 Å². The number of aromatic nitrogens is 1. The van der Waals surface area contributed by atoms with E-state index in [1.165, 1.54) is 0 Å². The van der Waals surface area contributed by atoms with Gasteiger partial charge in [0.15, 0.2) is 17.4 Å². The van der Waals surface area contributed by atoms with Gasteiger partial charge in [0.05, 0.1) is 10.2 Å². The first-order chi connectivity index (χ1) is 18.7. The Morgan fingerprint density at radius 1 is 1.03 bits per heavy atom. The molecule has 7 nitrogen and oxygen atoms in total. The Kier molecular flexibility index (Phi) is 7.91. The largest absolute Gasteiger partial charge is 0.490 e. The summed E-state index contributed by atoms with van der Waals surface area (Å²) in [5.74, 6) is -3.35. The van der Waals surface area contributed by atoms with Crippen molar-refractivity contribution in [3.05, 3.63) is 91.6 Å². The highest BCUT2D eigenvalue weighted by Gasteiger charge is 2.49. The van der Waals surface area contributed by atoms with Crippen LogP contribution < -0.4 is 9.47 Å². The minimum atomic E-state index is -1.33. The molecule has 3 aromatic carbocycles. The van der Waals surface area contributed by atoms with E-state index in [1.807, 2.05) is 73.8 Å². The summed E-state index contributed by atoms with van der Waals surface area (Å²) in [5.41, 5.74) is 3.39. The molecule has 0 bridgehead atoms. The quantitative estimate of drug-likeness (QED) is 0.120. The van der Waals surface area contributed by atoms with E-state index in [1.54, 1.807) is 13.8 Å². The van der Waals surface area contributed by atoms with E-state index in [9.17, 15) is 9.59 Å². The second-order valence-electron chi connectivity index (χ2n) is 9.67. The number of benzene rings is 3. The van der Waals surface area contributed by atoms with Gasteiger partial charge >= 0.3 is 11.9 Å². The molecular formula is C30H27BrINO6. The number of fused-ring (bicyclic) bond motifs is 1. The van der Waals surface area contributed by atoms with Crippen LogP contribution in [0.2, 0.25) is 0 Å². The average Bonchev–Trinajstić information content (AvgIpc) is 3.30. The average molecular weight is 704 g/mol. The number of carbonyl (C=O) groups is 2. The number of H-pyrrole nitrogens is 1. The molecule has 202 valence electrons. The highest BCUT2D eigenvalue weighted by molar-refractivity contribution is 14.1. The van der Waals surface area contributed by atoms with Crippen LogP contribution in [0, 0.1) is 9.49 Å². The summed E-state index contributed by atoms with van der Waals surface area (Å²) in [7, 11) is 0. The number of rotatable bonds is 8. The molecule has 1 N–H and O–H groups in total. The summed E-state index contributed by atoms with van der Waals surface area (Å²) < 4.78 is 25.1. The second-order valence-corrected chi connectivity index (χ2v) is 11.7. The number of hydrogen-bond donors (Lipinski definition) is 1. The van der Waals surface area contributed by atoms with Crippen molar-refractivity contribution in [3.8, 4) is 11.5 Å². The lowest BCUT2D eigenvalue weighted by Gasteiger charge is -2.36. The van der Waals surface area contributed by atoms with Gasteiger partial charge in [-0.2, -0.15) is 0 Å². The molecule has 1 aromatic heterocycles. The lowest BCUT2D eigenvalue weighted by molar-refractivity contribution is -0.240. The van der Waals surface area contributed by atoms with Crippen LogP contribution in [-0.2, 0) is 25.7 Å². The van der Waals surface area contributed by atoms with Gasteiger partial charge in [-0.15, -0.1) is 0 Å². The fraction of sp³-hybridized carbons (Fsp3) is 0.267. The maximum Gasteiger partial charge on any atom is 0.324 e. The molecule has 1 fully saturated rings. The first-order valence-corrected chi connectivity index (χ1v) is 14.4. The molecule has 0 radical (unpaired) electrons. The van der Waals surface area contributed by atoms with E-state index in [-0.39, 0.29) is 0 Å². The second kappa shape index (κ2) is 11.2. The Morgan fingerprint density at radius 3 is 2.41 bits per heavy atom. The van der Waals surface area contributed by atoms with Crippen molar-refractivity contribution >= 4 is 61.4 Å². The van der Waals surface area contributed by atoms with Gasteiger partial charge in [0.25, 0.3) is 5.79 Å². The highest BCUT2D eigenvalue weighted by atomic mass is 127. The van der Waals surface area contributed by atoms with Crippen LogP contribution in [0.3, 0.4) is 0 Å². The standard InChI is InChI=1S/C30H27BrINO6/c1-4-36-24-14-18(13-22(32)27(24)37-16-17-9-11-19(31)12-10-17)25(21-15-33-23-8-6-5-7-20(21)23)26-28(34)38-30(2,3)39-29(26)35/h5-15,25-26,33H,4,16H2,1-3H3/t25-/m1/s1. The Hall–Kier alpha value is -3.05. The summed E-state index contributed by atoms with van der Waals surface area (Å²) in [6, 6.07) is 19.4. The molecule has 1 aliphatic rings. The van der Waals surface area contributed by atoms with E-state index < -0.39 is 29.6 Å². The number of aromatic amines is 1. The Bertz CT molecular complexity index is 1510. The number of cyclic esters (lactones) is 2. The maximum absolute atomic E-state index is 13.3. The van der Waals surface area contributed by atoms with Crippen molar-refractivity contribution < 1.29 is 28.5 Å². The summed E-state index contributed by atoms with van der Waals surface area (Å²) in [6.07, 6.45) is 1.83. The fourth-order valence-electron chi connectivity index (χ4n) is 4.81. The van der Waals surface area contributed by atoms with E-state index in [2.05, 4.69) is 43.5 Å². The van der Waals surface area contributed by atoms with E-state index in [4.69, 9.17) is 18.9 Å². The summed E-state index contributed by atoms with van der Waals surface area (Å²) in [6.45, 7) is 5.76. The van der Waals surface area contributed by atoms with Gasteiger partial charge in [0.2, 0.25) is 0 Å². The van der Waals surface area contributed by atoms with Crippen molar-refractivity contribution in [2.75, 3.05) is 6.61 Å². The summed E-state index contributed by atoms with van der Waals surface area (Å²) in [5, 5.41) is 0.900. The number of para-hydroxylation sites is 1. The molecule has 1 atom stereocenters. The molecule has 0 amide bonds. The highest BCUT2D eigenvalue weighted by Crippen LogP contribution is 2.44. The zero-order valence-electron chi connectivity index (χ0n) is 21.6. The summed E-state index contributed by atoms with van der Waals surface area (Å²) >= 11 is 5.66. The molecule has 1 aliphatic heterocycles. The van der Waals surface area contributed by atoms with Gasteiger partial charge < -0.3 is 23.9 Å². The Labute approximate surface area is 248 Å². The van der Waals surface area contributed by atoms with Crippen LogP contribution in [0.1, 0.15) is 43.4 Å². The van der Waals surface area contributed by atoms with Crippen LogP contribution in [0.25, 0.3) is 10.9 Å². The fourth-order valence-corrected chi connectivity index (χ4v) is 5.86. The molecule has 0 aliphatic carbocycles. The van der Waals surface area contributed by atoms with Gasteiger partial charge in [-0.05, 0) is 76.5 Å². The molecule has 39 heavy (non-hydrogen) atoms. The lowest BCUT2D eigenvalue weighted by Crippen LogP contribution is -2.48. The van der Waals surface area contributed by atoms with Gasteiger partial charge in [-0.1, -0.05) is 46.3 Å². The van der Waals surface area contributed by atoms with Crippen molar-refractivity contribution in [1.29, 1.82) is 0 Å². The van der Waals surface area contributed by atoms with Gasteiger partial charge in [-0.3, -0.25) is 9.59 Å². The zero-order valence-corrected chi connectivity index (χ0v) is 25.4. The normalized spacial score (nSPS) is 16.0. The van der Waals surface area contributed by atoms with Gasteiger partial charge in [0, 0.05) is 41.3 Å². The number of hydrogen-bond acceptors (Lipinski definition) is 6. The van der Waals surface area contributed by atoms with Crippen LogP contribution in [0.15, 0.2) is 71.3 Å². The predicted molar refractivity (Wildman–Crippen MR) is 159 cm³/mol. The molecule has 0 unspecified atom stereocenters. The number of carbonyl (C=O) groups excluding carboxylic acids is 2. The third-order valence-corrected chi connectivity index (χ3v) is 7.81. The van der Waals surface area contributed by atoms with Crippen LogP contribution in [-0.4, -0.2) is 29.3 Å². The molecule has 5 rings (SSSR count). The first-order valence-electron chi connectivity index (χ1n) is 12.5. The molecule has 0 spiro atoms. The Morgan fingerprint density at radius 2 is 1.72 bits per heavy atom.